The first-order valence-electron chi connectivity index (χ1n) is 9.94. The van der Waals surface area contributed by atoms with Gasteiger partial charge in [-0.3, -0.25) is 4.57 Å². The number of imidazole rings is 1. The topological polar surface area (TPSA) is 147 Å². The van der Waals surface area contributed by atoms with Crippen LogP contribution in [0.5, 0.6) is 0 Å². The molecule has 32 heavy (non-hydrogen) atoms. The smallest absolute Gasteiger partial charge is 0.333 e. The van der Waals surface area contributed by atoms with Gasteiger partial charge in [0, 0.05) is 11.4 Å². The van der Waals surface area contributed by atoms with Crippen molar-refractivity contribution in [3.8, 4) is 0 Å². The summed E-state index contributed by atoms with van der Waals surface area (Å²) in [6.45, 7) is 0.427. The Bertz CT molecular complexity index is 1110. The number of nitrogens with two attached hydrogens (primary N) is 1. The maximum atomic E-state index is 10.6. The molecular formula is C19H21ClN5O6P. The summed E-state index contributed by atoms with van der Waals surface area (Å²) in [4.78, 5) is 12.2. The Morgan fingerprint density at radius 1 is 1.25 bits per heavy atom. The lowest BCUT2D eigenvalue weighted by molar-refractivity contribution is -0.0529. The molecule has 0 amide bonds. The van der Waals surface area contributed by atoms with Gasteiger partial charge in [0.15, 0.2) is 17.7 Å². The molecule has 170 valence electrons. The van der Waals surface area contributed by atoms with Crippen LogP contribution in [0.1, 0.15) is 24.3 Å². The Hall–Kier alpha value is -1.95. The minimum Gasteiger partial charge on any atom is -0.387 e. The largest absolute Gasteiger partial charge is 0.387 e. The van der Waals surface area contributed by atoms with Crippen molar-refractivity contribution in [3.05, 3.63) is 47.5 Å². The molecule has 5 rings (SSSR count). The van der Waals surface area contributed by atoms with E-state index in [1.807, 2.05) is 18.2 Å². The normalized spacial score (nSPS) is 30.7. The van der Waals surface area contributed by atoms with E-state index in [0.29, 0.717) is 29.2 Å². The van der Waals surface area contributed by atoms with Gasteiger partial charge in [-0.05, 0) is 17.7 Å². The van der Waals surface area contributed by atoms with Crippen molar-refractivity contribution in [2.75, 3.05) is 18.9 Å². The summed E-state index contributed by atoms with van der Waals surface area (Å²) in [5, 5.41) is 21.7. The molecule has 0 saturated carbocycles. The third-order valence-corrected chi connectivity index (χ3v) is 6.77. The Balaban J connectivity index is 1.24. The quantitative estimate of drug-likeness (QED) is 0.463. The number of halogens is 1. The fourth-order valence-electron chi connectivity index (χ4n) is 3.71. The Morgan fingerprint density at radius 2 is 2.12 bits per heavy atom. The molecule has 0 bridgehead atoms. The molecule has 0 spiro atoms. The van der Waals surface area contributed by atoms with Gasteiger partial charge < -0.3 is 34.3 Å². The summed E-state index contributed by atoms with van der Waals surface area (Å²) < 4.78 is 24.7. The Morgan fingerprint density at radius 3 is 2.97 bits per heavy atom. The summed E-state index contributed by atoms with van der Waals surface area (Å²) >= 11 is 6.08. The number of hydrogen-bond donors (Lipinski definition) is 3. The highest BCUT2D eigenvalue weighted by Crippen LogP contribution is 2.50. The maximum Gasteiger partial charge on any atom is 0.333 e. The van der Waals surface area contributed by atoms with Crippen LogP contribution in [0.15, 0.2) is 36.9 Å². The molecule has 2 saturated heterocycles. The highest BCUT2D eigenvalue weighted by Gasteiger charge is 2.45. The molecule has 4 N–H and O–H groups in total. The number of nitrogen functional groups attached to an aromatic ring is 1. The predicted octanol–water partition coefficient (Wildman–Crippen LogP) is 2.10. The molecular weight excluding hydrogens is 461 g/mol. The van der Waals surface area contributed by atoms with Crippen molar-refractivity contribution < 1.29 is 28.5 Å². The number of fused-ring (bicyclic) bond motifs is 1. The first kappa shape index (κ1) is 21.9. The molecule has 6 atom stereocenters. The van der Waals surface area contributed by atoms with Crippen LogP contribution < -0.4 is 5.73 Å². The van der Waals surface area contributed by atoms with Gasteiger partial charge >= 0.3 is 8.60 Å². The van der Waals surface area contributed by atoms with Gasteiger partial charge in [0.25, 0.3) is 0 Å². The molecule has 3 aromatic rings. The van der Waals surface area contributed by atoms with E-state index in [1.54, 1.807) is 6.07 Å². The van der Waals surface area contributed by atoms with Gasteiger partial charge in [-0.25, -0.2) is 15.0 Å². The molecule has 2 aliphatic heterocycles. The second kappa shape index (κ2) is 9.12. The molecule has 0 radical (unpaired) electrons. The van der Waals surface area contributed by atoms with Crippen molar-refractivity contribution in [3.63, 3.8) is 0 Å². The van der Waals surface area contributed by atoms with Crippen molar-refractivity contribution >= 4 is 37.2 Å². The van der Waals surface area contributed by atoms with Crippen LogP contribution >= 0.6 is 20.2 Å². The summed E-state index contributed by atoms with van der Waals surface area (Å²) in [6, 6.07) is 7.45. The maximum absolute atomic E-state index is 10.6. The van der Waals surface area contributed by atoms with Crippen molar-refractivity contribution in [1.82, 2.24) is 19.5 Å². The van der Waals surface area contributed by atoms with Gasteiger partial charge in [0.05, 0.1) is 25.6 Å². The highest BCUT2D eigenvalue weighted by atomic mass is 35.5. The molecule has 2 aliphatic rings. The summed E-state index contributed by atoms with van der Waals surface area (Å²) in [7, 11) is -1.66. The Kier molecular flexibility index (Phi) is 6.24. The molecule has 2 fully saturated rings. The number of aliphatic hydroxyl groups excluding tert-OH is 2. The number of ether oxygens (including phenoxy) is 1. The molecule has 2 unspecified atom stereocenters. The minimum absolute atomic E-state index is 0.0353. The van der Waals surface area contributed by atoms with Gasteiger partial charge in [0.2, 0.25) is 0 Å². The van der Waals surface area contributed by atoms with Crippen LogP contribution in [-0.4, -0.2) is 61.3 Å². The molecule has 13 heteroatoms. The number of hydrogen-bond acceptors (Lipinski definition) is 10. The lowest BCUT2D eigenvalue weighted by Crippen LogP contribution is -2.33. The van der Waals surface area contributed by atoms with E-state index in [0.717, 1.165) is 5.56 Å². The number of rotatable bonds is 5. The van der Waals surface area contributed by atoms with Gasteiger partial charge in [-0.1, -0.05) is 23.7 Å². The Labute approximate surface area is 189 Å². The van der Waals surface area contributed by atoms with Crippen LogP contribution in [0, 0.1) is 0 Å². The van der Waals surface area contributed by atoms with Crippen LogP contribution in [0.3, 0.4) is 0 Å². The second-order valence-corrected chi connectivity index (χ2v) is 9.03. The zero-order valence-electron chi connectivity index (χ0n) is 16.7. The highest BCUT2D eigenvalue weighted by molar-refractivity contribution is 7.41. The van der Waals surface area contributed by atoms with Crippen molar-refractivity contribution in [1.29, 1.82) is 0 Å². The van der Waals surface area contributed by atoms with E-state index in [9.17, 15) is 10.2 Å². The molecule has 2 aromatic heterocycles. The molecule has 1 aromatic carbocycles. The number of benzene rings is 1. The molecule has 11 nitrogen and oxygen atoms in total. The van der Waals surface area contributed by atoms with Crippen LogP contribution in [0.2, 0.25) is 5.02 Å². The zero-order chi connectivity index (χ0) is 22.2. The first-order valence-corrected chi connectivity index (χ1v) is 11.4. The van der Waals surface area contributed by atoms with Crippen molar-refractivity contribution in [2.24, 2.45) is 0 Å². The van der Waals surface area contributed by atoms with Crippen molar-refractivity contribution in [2.45, 2.75) is 37.1 Å². The standard InChI is InChI=1S/C19H21ClN5O6P/c20-11-3-1-2-10(6-11)12-4-5-28-32(31-12)29-7-13-15(26)16(27)19(30-13)25-9-24-14-17(21)22-8-23-18(14)25/h1-3,6,8-9,12-13,15-16,19,26-27H,4-5,7H2,(H2,21,22,23)/t12?,13-,15-,16-,19-,32?/m1/s1. The summed E-state index contributed by atoms with van der Waals surface area (Å²) in [6.07, 6.45) is -0.950. The third kappa shape index (κ3) is 4.18. The van der Waals surface area contributed by atoms with E-state index in [1.165, 1.54) is 17.2 Å². The first-order chi connectivity index (χ1) is 15.5. The predicted molar refractivity (Wildman–Crippen MR) is 114 cm³/mol. The number of aromatic nitrogens is 4. The third-order valence-electron chi connectivity index (χ3n) is 5.35. The van der Waals surface area contributed by atoms with E-state index in [2.05, 4.69) is 15.0 Å². The lowest BCUT2D eigenvalue weighted by Gasteiger charge is -2.29. The van der Waals surface area contributed by atoms with Crippen LogP contribution in [0.4, 0.5) is 5.82 Å². The van der Waals surface area contributed by atoms with Gasteiger partial charge in [0.1, 0.15) is 30.2 Å². The summed E-state index contributed by atoms with van der Waals surface area (Å²) in [5.74, 6) is 0.213. The van der Waals surface area contributed by atoms with E-state index >= 15 is 0 Å². The van der Waals surface area contributed by atoms with Crippen LogP contribution in [-0.2, 0) is 18.3 Å². The molecule has 4 heterocycles. The fraction of sp³-hybridized carbons (Fsp3) is 0.421. The van der Waals surface area contributed by atoms with E-state index in [-0.39, 0.29) is 18.5 Å². The summed E-state index contributed by atoms with van der Waals surface area (Å²) in [5.41, 5.74) is 7.54. The number of nitrogens with zero attached hydrogens (tertiary/aromatic N) is 4. The average Bonchev–Trinajstić information content (AvgIpc) is 3.35. The zero-order valence-corrected chi connectivity index (χ0v) is 18.3. The molecule has 0 aliphatic carbocycles. The average molecular weight is 482 g/mol. The number of anilines is 1. The van der Waals surface area contributed by atoms with E-state index < -0.39 is 33.1 Å². The number of aliphatic hydroxyl groups is 2. The second-order valence-electron chi connectivity index (χ2n) is 7.42. The van der Waals surface area contributed by atoms with Gasteiger partial charge in [-0.2, -0.15) is 0 Å². The van der Waals surface area contributed by atoms with E-state index in [4.69, 9.17) is 35.6 Å². The monoisotopic (exact) mass is 481 g/mol. The van der Waals surface area contributed by atoms with Gasteiger partial charge in [-0.15, -0.1) is 0 Å². The lowest BCUT2D eigenvalue weighted by atomic mass is 10.1. The minimum atomic E-state index is -1.66. The fourth-order valence-corrected chi connectivity index (χ4v) is 5.06. The van der Waals surface area contributed by atoms with Crippen LogP contribution in [0.25, 0.3) is 11.2 Å². The SMILES string of the molecule is Nc1ncnc2c1ncn2[C@@H]1O[C@H](COP2OCCC(c3cccc(Cl)c3)O2)[C@@H](O)[C@H]1O.